The molecule has 2 aliphatic heterocycles. The number of carbonyl (C=O) groups excluding carboxylic acids is 2. The molecule has 0 saturated carbocycles. The summed E-state index contributed by atoms with van der Waals surface area (Å²) in [6.07, 6.45) is 4.79. The van der Waals surface area contributed by atoms with Gasteiger partial charge < -0.3 is 14.4 Å². The molecule has 0 spiro atoms. The van der Waals surface area contributed by atoms with Crippen molar-refractivity contribution in [1.82, 2.24) is 29.5 Å². The highest BCUT2D eigenvalue weighted by Crippen LogP contribution is 2.29. The largest absolute Gasteiger partial charge is 0.343 e. The van der Waals surface area contributed by atoms with Gasteiger partial charge in [-0.1, -0.05) is 13.8 Å². The summed E-state index contributed by atoms with van der Waals surface area (Å²) in [5.41, 5.74) is 0.0247. The lowest BCUT2D eigenvalue weighted by atomic mass is 9.95. The summed E-state index contributed by atoms with van der Waals surface area (Å²) in [4.78, 5) is 32.2. The van der Waals surface area contributed by atoms with Crippen LogP contribution < -0.4 is 0 Å². The first-order valence-electron chi connectivity index (χ1n) is 10.5. The molecule has 1 fully saturated rings. The first-order chi connectivity index (χ1) is 14.4. The Hall–Kier alpha value is -2.84. The van der Waals surface area contributed by atoms with Gasteiger partial charge >= 0.3 is 0 Å². The van der Waals surface area contributed by atoms with E-state index in [0.717, 1.165) is 43.8 Å². The number of likely N-dealkylation sites (tertiary alicyclic amines) is 1. The number of carbonyl (C=O) groups is 2. The number of rotatable bonds is 4. The fourth-order valence-corrected chi connectivity index (χ4v) is 4.24. The van der Waals surface area contributed by atoms with Gasteiger partial charge in [-0.25, -0.2) is 4.39 Å². The lowest BCUT2D eigenvalue weighted by molar-refractivity contribution is -0.133. The predicted molar refractivity (Wildman–Crippen MR) is 107 cm³/mol. The van der Waals surface area contributed by atoms with E-state index in [9.17, 15) is 14.0 Å². The minimum atomic E-state index is -0.617. The Balaban J connectivity index is 1.40. The Labute approximate surface area is 175 Å². The van der Waals surface area contributed by atoms with Gasteiger partial charge in [0.1, 0.15) is 5.82 Å². The Kier molecular flexibility index (Phi) is 5.78. The second-order valence-electron chi connectivity index (χ2n) is 8.46. The maximum atomic E-state index is 13.9. The number of hydrogen-bond acceptors (Lipinski definition) is 5. The Morgan fingerprint density at radius 1 is 1.13 bits per heavy atom. The maximum absolute atomic E-state index is 13.9. The Bertz CT molecular complexity index is 935. The summed E-state index contributed by atoms with van der Waals surface area (Å²) in [6.45, 7) is 6.97. The quantitative estimate of drug-likeness (QED) is 0.766. The maximum Gasteiger partial charge on any atom is 0.257 e. The molecule has 0 atom stereocenters. The predicted octanol–water partition coefficient (Wildman–Crippen LogP) is 2.22. The van der Waals surface area contributed by atoms with Crippen LogP contribution in [0.5, 0.6) is 0 Å². The number of fused-ring (bicyclic) bond motifs is 1. The van der Waals surface area contributed by atoms with E-state index >= 15 is 0 Å². The molecule has 2 aliphatic rings. The molecule has 0 N–H and O–H groups in total. The van der Waals surface area contributed by atoms with Crippen molar-refractivity contribution in [2.75, 3.05) is 19.6 Å². The number of aromatic nitrogens is 4. The highest BCUT2D eigenvalue weighted by molar-refractivity contribution is 5.94. The second kappa shape index (κ2) is 8.49. The molecule has 0 aromatic carbocycles. The van der Waals surface area contributed by atoms with Gasteiger partial charge in [0.2, 0.25) is 5.91 Å². The van der Waals surface area contributed by atoms with E-state index in [-0.39, 0.29) is 23.3 Å². The zero-order valence-corrected chi connectivity index (χ0v) is 17.4. The Morgan fingerprint density at radius 3 is 2.60 bits per heavy atom. The summed E-state index contributed by atoms with van der Waals surface area (Å²) < 4.78 is 16.0. The van der Waals surface area contributed by atoms with E-state index in [1.807, 2.05) is 4.90 Å². The van der Waals surface area contributed by atoms with Gasteiger partial charge in [0, 0.05) is 44.7 Å². The van der Waals surface area contributed by atoms with Crippen molar-refractivity contribution >= 4 is 11.8 Å². The van der Waals surface area contributed by atoms with Crippen molar-refractivity contribution in [1.29, 1.82) is 0 Å². The molecule has 9 heteroatoms. The van der Waals surface area contributed by atoms with Gasteiger partial charge in [-0.3, -0.25) is 14.6 Å². The number of amides is 2. The van der Waals surface area contributed by atoms with Crippen LogP contribution in [0.15, 0.2) is 18.5 Å². The molecule has 0 bridgehead atoms. The molecular weight excluding hydrogens is 387 g/mol. The van der Waals surface area contributed by atoms with Crippen molar-refractivity contribution in [2.45, 2.75) is 52.1 Å². The first kappa shape index (κ1) is 20.4. The minimum absolute atomic E-state index is 0.0247. The van der Waals surface area contributed by atoms with E-state index in [2.05, 4.69) is 33.6 Å². The summed E-state index contributed by atoms with van der Waals surface area (Å²) in [5.74, 6) is 1.53. The van der Waals surface area contributed by atoms with Crippen molar-refractivity contribution in [2.24, 2.45) is 5.92 Å². The van der Waals surface area contributed by atoms with E-state index in [1.165, 1.54) is 12.3 Å². The highest BCUT2D eigenvalue weighted by Gasteiger charge is 2.31. The molecule has 0 unspecified atom stereocenters. The summed E-state index contributed by atoms with van der Waals surface area (Å²) >= 11 is 0. The zero-order valence-electron chi connectivity index (χ0n) is 17.4. The molecule has 8 nitrogen and oxygen atoms in total. The molecule has 2 aromatic rings. The van der Waals surface area contributed by atoms with Crippen molar-refractivity contribution in [3.63, 3.8) is 0 Å². The van der Waals surface area contributed by atoms with Crippen LogP contribution in [-0.2, 0) is 17.9 Å². The molecule has 2 aromatic heterocycles. The summed E-state index contributed by atoms with van der Waals surface area (Å²) in [6, 6.07) is 1.40. The topological polar surface area (TPSA) is 84.2 Å². The van der Waals surface area contributed by atoms with Gasteiger partial charge in [-0.05, 0) is 24.8 Å². The average Bonchev–Trinajstić information content (AvgIpc) is 3.16. The fraction of sp³-hybridized carbons (Fsp3) is 0.571. The minimum Gasteiger partial charge on any atom is -0.343 e. The van der Waals surface area contributed by atoms with E-state index < -0.39 is 5.82 Å². The van der Waals surface area contributed by atoms with Gasteiger partial charge in [-0.15, -0.1) is 10.2 Å². The molecule has 160 valence electrons. The van der Waals surface area contributed by atoms with Crippen LogP contribution in [0.3, 0.4) is 0 Å². The second-order valence-corrected chi connectivity index (χ2v) is 8.46. The molecule has 2 amide bonds. The van der Waals surface area contributed by atoms with Crippen molar-refractivity contribution in [3.05, 3.63) is 41.5 Å². The molecule has 4 rings (SSSR count). The average molecular weight is 414 g/mol. The van der Waals surface area contributed by atoms with Crippen LogP contribution in [0.1, 0.15) is 61.0 Å². The molecule has 30 heavy (non-hydrogen) atoms. The van der Waals surface area contributed by atoms with Crippen LogP contribution >= 0.6 is 0 Å². The monoisotopic (exact) mass is 414 g/mol. The van der Waals surface area contributed by atoms with E-state index in [4.69, 9.17) is 0 Å². The third kappa shape index (κ3) is 4.06. The van der Waals surface area contributed by atoms with Gasteiger partial charge in [-0.2, -0.15) is 0 Å². The molecular formula is C21H27FN6O2. The number of pyridine rings is 1. The Morgan fingerprint density at radius 2 is 1.90 bits per heavy atom. The number of hydrogen-bond donors (Lipinski definition) is 0. The molecule has 0 aliphatic carbocycles. The van der Waals surface area contributed by atoms with Crippen LogP contribution in [0.25, 0.3) is 0 Å². The molecule has 0 radical (unpaired) electrons. The van der Waals surface area contributed by atoms with Gasteiger partial charge in [0.15, 0.2) is 11.6 Å². The third-order valence-corrected chi connectivity index (χ3v) is 5.87. The van der Waals surface area contributed by atoms with E-state index in [1.54, 1.807) is 4.90 Å². The van der Waals surface area contributed by atoms with Gasteiger partial charge in [0.25, 0.3) is 5.91 Å². The SMILES string of the molecule is CC(C)CC(=O)N1CCC(c2nnc3n2CCN(C(=O)c2ccncc2F)C3)CC1. The number of halogens is 1. The number of piperidine rings is 1. The summed E-state index contributed by atoms with van der Waals surface area (Å²) in [5, 5.41) is 8.72. The smallest absolute Gasteiger partial charge is 0.257 e. The van der Waals surface area contributed by atoms with Crippen molar-refractivity contribution < 1.29 is 14.0 Å². The van der Waals surface area contributed by atoms with Crippen LogP contribution in [0.2, 0.25) is 0 Å². The van der Waals surface area contributed by atoms with Crippen LogP contribution in [0.4, 0.5) is 4.39 Å². The fourth-order valence-electron chi connectivity index (χ4n) is 4.24. The standard InChI is InChI=1S/C21H27FN6O2/c1-14(2)11-19(29)26-7-4-15(5-8-26)20-25-24-18-13-27(9-10-28(18)20)21(30)16-3-6-23-12-17(16)22/h3,6,12,14-15H,4-5,7-11,13H2,1-2H3. The van der Waals surface area contributed by atoms with Crippen LogP contribution in [-0.4, -0.2) is 61.0 Å². The first-order valence-corrected chi connectivity index (χ1v) is 10.5. The van der Waals surface area contributed by atoms with E-state index in [0.29, 0.717) is 32.0 Å². The number of nitrogens with zero attached hydrogens (tertiary/aromatic N) is 6. The lowest BCUT2D eigenvalue weighted by Gasteiger charge is -2.33. The van der Waals surface area contributed by atoms with Crippen molar-refractivity contribution in [3.8, 4) is 0 Å². The molecule has 4 heterocycles. The van der Waals surface area contributed by atoms with Gasteiger partial charge in [0.05, 0.1) is 18.3 Å². The highest BCUT2D eigenvalue weighted by atomic mass is 19.1. The molecule has 1 saturated heterocycles. The van der Waals surface area contributed by atoms with Crippen LogP contribution in [0, 0.1) is 11.7 Å². The lowest BCUT2D eigenvalue weighted by Crippen LogP contribution is -2.41. The third-order valence-electron chi connectivity index (χ3n) is 5.87. The normalized spacial score (nSPS) is 17.3. The zero-order chi connectivity index (χ0) is 21.3. The summed E-state index contributed by atoms with van der Waals surface area (Å²) in [7, 11) is 0.